The Morgan fingerprint density at radius 2 is 2.10 bits per heavy atom. The van der Waals surface area contributed by atoms with E-state index in [4.69, 9.17) is 0 Å². The first-order valence-electron chi connectivity index (χ1n) is 8.03. The van der Waals surface area contributed by atoms with E-state index in [0.717, 1.165) is 58.0 Å². The summed E-state index contributed by atoms with van der Waals surface area (Å²) in [7, 11) is 0. The van der Waals surface area contributed by atoms with Crippen molar-refractivity contribution in [2.45, 2.75) is 69.5 Å². The second-order valence-electron chi connectivity index (χ2n) is 6.41. The highest BCUT2D eigenvalue weighted by molar-refractivity contribution is 5.93. The summed E-state index contributed by atoms with van der Waals surface area (Å²) in [4.78, 5) is 27.0. The van der Waals surface area contributed by atoms with E-state index in [1.54, 1.807) is 0 Å². The normalized spacial score (nSPS) is 33.5. The van der Waals surface area contributed by atoms with Crippen LogP contribution in [-0.4, -0.2) is 47.4 Å². The molecule has 1 saturated carbocycles. The average Bonchev–Trinajstić information content (AvgIpc) is 3.00. The number of likely N-dealkylation sites (tertiary alicyclic amines) is 1. The van der Waals surface area contributed by atoms with Gasteiger partial charge in [-0.25, -0.2) is 0 Å². The molecule has 2 amide bonds. The predicted molar refractivity (Wildman–Crippen MR) is 76.2 cm³/mol. The Kier molecular flexibility index (Phi) is 3.71. The van der Waals surface area contributed by atoms with Crippen molar-refractivity contribution in [3.63, 3.8) is 0 Å². The average molecular weight is 279 g/mol. The number of carbonyl (C=O) groups is 2. The molecule has 2 atom stereocenters. The van der Waals surface area contributed by atoms with E-state index in [0.29, 0.717) is 6.04 Å². The Bertz CT molecular complexity index is 400. The van der Waals surface area contributed by atoms with E-state index in [9.17, 15) is 9.59 Å². The van der Waals surface area contributed by atoms with Crippen molar-refractivity contribution >= 4 is 11.8 Å². The van der Waals surface area contributed by atoms with Gasteiger partial charge in [0.1, 0.15) is 6.04 Å². The Hall–Kier alpha value is -1.10. The molecule has 5 nitrogen and oxygen atoms in total. The number of carbonyl (C=O) groups excluding carboxylic acids is 2. The van der Waals surface area contributed by atoms with Crippen molar-refractivity contribution in [1.29, 1.82) is 0 Å². The quantitative estimate of drug-likeness (QED) is 0.800. The highest BCUT2D eigenvalue weighted by atomic mass is 16.2. The summed E-state index contributed by atoms with van der Waals surface area (Å²) in [6.45, 7) is 3.70. The van der Waals surface area contributed by atoms with Crippen LogP contribution in [0.15, 0.2) is 0 Å². The number of hydrogen-bond donors (Lipinski definition) is 2. The van der Waals surface area contributed by atoms with Gasteiger partial charge in [-0.3, -0.25) is 9.59 Å². The summed E-state index contributed by atoms with van der Waals surface area (Å²) in [6, 6.07) is 0.124. The Labute approximate surface area is 120 Å². The van der Waals surface area contributed by atoms with Gasteiger partial charge in [0.2, 0.25) is 11.8 Å². The van der Waals surface area contributed by atoms with Crippen LogP contribution >= 0.6 is 0 Å². The zero-order valence-electron chi connectivity index (χ0n) is 12.3. The third kappa shape index (κ3) is 2.43. The molecule has 0 aromatic heterocycles. The van der Waals surface area contributed by atoms with E-state index in [1.807, 2.05) is 4.90 Å². The van der Waals surface area contributed by atoms with Gasteiger partial charge in [-0.05, 0) is 51.5 Å². The fourth-order valence-corrected chi connectivity index (χ4v) is 3.52. The van der Waals surface area contributed by atoms with Crippen molar-refractivity contribution in [3.8, 4) is 0 Å². The van der Waals surface area contributed by atoms with E-state index in [1.165, 1.54) is 0 Å². The minimum Gasteiger partial charge on any atom is -0.352 e. The third-order valence-corrected chi connectivity index (χ3v) is 5.00. The lowest BCUT2D eigenvalue weighted by Crippen LogP contribution is -2.58. The van der Waals surface area contributed by atoms with Crippen LogP contribution in [0.2, 0.25) is 0 Å². The second kappa shape index (κ2) is 5.35. The lowest BCUT2D eigenvalue weighted by Gasteiger charge is -2.34. The standard InChI is InChI=1S/C15H25N3O2/c1-2-15(8-4-9-16-15)14(20)18-10-3-5-12(18)13(19)17-11-6-7-11/h11-12,16H,2-10H2,1H3,(H,17,19). The minimum atomic E-state index is -0.414. The first-order chi connectivity index (χ1) is 9.66. The van der Waals surface area contributed by atoms with Crippen molar-refractivity contribution in [1.82, 2.24) is 15.5 Å². The van der Waals surface area contributed by atoms with Gasteiger partial charge in [0.15, 0.2) is 0 Å². The van der Waals surface area contributed by atoms with Gasteiger partial charge in [-0.2, -0.15) is 0 Å². The molecular formula is C15H25N3O2. The second-order valence-corrected chi connectivity index (χ2v) is 6.41. The molecule has 0 aromatic carbocycles. The Morgan fingerprint density at radius 3 is 2.70 bits per heavy atom. The van der Waals surface area contributed by atoms with Gasteiger partial charge in [0.25, 0.3) is 0 Å². The molecule has 0 aromatic rings. The molecule has 2 aliphatic heterocycles. The summed E-state index contributed by atoms with van der Waals surface area (Å²) < 4.78 is 0. The summed E-state index contributed by atoms with van der Waals surface area (Å²) >= 11 is 0. The van der Waals surface area contributed by atoms with Crippen LogP contribution in [0.5, 0.6) is 0 Å². The summed E-state index contributed by atoms with van der Waals surface area (Å²) in [6.07, 6.45) is 6.68. The van der Waals surface area contributed by atoms with E-state index in [2.05, 4.69) is 17.6 Å². The molecular weight excluding hydrogens is 254 g/mol. The highest BCUT2D eigenvalue weighted by Crippen LogP contribution is 2.30. The number of hydrogen-bond acceptors (Lipinski definition) is 3. The van der Waals surface area contributed by atoms with Crippen molar-refractivity contribution in [2.75, 3.05) is 13.1 Å². The molecule has 0 spiro atoms. The molecule has 0 radical (unpaired) electrons. The van der Waals surface area contributed by atoms with Crippen LogP contribution in [0.4, 0.5) is 0 Å². The fraction of sp³-hybridized carbons (Fsp3) is 0.867. The topological polar surface area (TPSA) is 61.4 Å². The van der Waals surface area contributed by atoms with Gasteiger partial charge >= 0.3 is 0 Å². The van der Waals surface area contributed by atoms with E-state index in [-0.39, 0.29) is 17.9 Å². The van der Waals surface area contributed by atoms with Crippen LogP contribution in [0, 0.1) is 0 Å². The van der Waals surface area contributed by atoms with Crippen LogP contribution in [-0.2, 0) is 9.59 Å². The number of rotatable bonds is 4. The Morgan fingerprint density at radius 1 is 1.30 bits per heavy atom. The molecule has 3 rings (SSSR count). The zero-order chi connectivity index (χ0) is 14.2. The maximum atomic E-state index is 12.9. The molecule has 1 aliphatic carbocycles. The first-order valence-corrected chi connectivity index (χ1v) is 8.03. The molecule has 20 heavy (non-hydrogen) atoms. The molecule has 2 heterocycles. The lowest BCUT2D eigenvalue weighted by molar-refractivity contribution is -0.143. The predicted octanol–water partition coefficient (Wildman–Crippen LogP) is 0.788. The molecule has 3 fully saturated rings. The smallest absolute Gasteiger partial charge is 0.243 e. The summed E-state index contributed by atoms with van der Waals surface area (Å²) in [5, 5.41) is 6.43. The van der Waals surface area contributed by atoms with Gasteiger partial charge < -0.3 is 15.5 Å². The molecule has 112 valence electrons. The van der Waals surface area contributed by atoms with Crippen LogP contribution < -0.4 is 10.6 Å². The van der Waals surface area contributed by atoms with Crippen molar-refractivity contribution in [3.05, 3.63) is 0 Å². The monoisotopic (exact) mass is 279 g/mol. The number of amides is 2. The molecule has 3 aliphatic rings. The molecule has 2 unspecified atom stereocenters. The molecule has 2 N–H and O–H groups in total. The van der Waals surface area contributed by atoms with Gasteiger partial charge in [-0.15, -0.1) is 0 Å². The zero-order valence-corrected chi connectivity index (χ0v) is 12.3. The van der Waals surface area contributed by atoms with Gasteiger partial charge in [0, 0.05) is 12.6 Å². The van der Waals surface area contributed by atoms with Gasteiger partial charge in [-0.1, -0.05) is 6.92 Å². The Balaban J connectivity index is 1.70. The fourth-order valence-electron chi connectivity index (χ4n) is 3.52. The molecule has 0 bridgehead atoms. The molecule has 2 saturated heterocycles. The summed E-state index contributed by atoms with van der Waals surface area (Å²) in [5.41, 5.74) is -0.414. The SMILES string of the molecule is CCC1(C(=O)N2CCCC2C(=O)NC2CC2)CCCN1. The van der Waals surface area contributed by atoms with E-state index >= 15 is 0 Å². The maximum absolute atomic E-state index is 12.9. The lowest BCUT2D eigenvalue weighted by atomic mass is 9.92. The third-order valence-electron chi connectivity index (χ3n) is 5.00. The molecule has 5 heteroatoms. The van der Waals surface area contributed by atoms with Crippen molar-refractivity contribution in [2.24, 2.45) is 0 Å². The maximum Gasteiger partial charge on any atom is 0.243 e. The number of nitrogens with one attached hydrogen (secondary N) is 2. The van der Waals surface area contributed by atoms with Crippen LogP contribution in [0.25, 0.3) is 0 Å². The first kappa shape index (κ1) is 13.9. The summed E-state index contributed by atoms with van der Waals surface area (Å²) in [5.74, 6) is 0.202. The van der Waals surface area contributed by atoms with E-state index < -0.39 is 5.54 Å². The minimum absolute atomic E-state index is 0.0580. The number of nitrogens with zero attached hydrogens (tertiary/aromatic N) is 1. The van der Waals surface area contributed by atoms with Crippen LogP contribution in [0.3, 0.4) is 0 Å². The largest absolute Gasteiger partial charge is 0.352 e. The van der Waals surface area contributed by atoms with Crippen LogP contribution in [0.1, 0.15) is 51.9 Å². The van der Waals surface area contributed by atoms with Crippen molar-refractivity contribution < 1.29 is 9.59 Å². The van der Waals surface area contributed by atoms with Gasteiger partial charge in [0.05, 0.1) is 5.54 Å². The highest BCUT2D eigenvalue weighted by Gasteiger charge is 2.46.